The quantitative estimate of drug-likeness (QED) is 0.792. The molecule has 1 N–H and O–H groups in total. The summed E-state index contributed by atoms with van der Waals surface area (Å²) >= 11 is 0. The van der Waals surface area contributed by atoms with Gasteiger partial charge in [-0.2, -0.15) is 0 Å². The highest BCUT2D eigenvalue weighted by atomic mass is 16.6. The highest BCUT2D eigenvalue weighted by Crippen LogP contribution is 2.22. The topological polar surface area (TPSA) is 71.1 Å². The van der Waals surface area contributed by atoms with Crippen molar-refractivity contribution in [3.63, 3.8) is 0 Å². The number of nitrogens with one attached hydrogen (secondary N) is 1. The molecule has 0 spiro atoms. The Morgan fingerprint density at radius 2 is 1.77 bits per heavy atom. The number of likely N-dealkylation sites (tertiary alicyclic amines) is 2. The van der Waals surface area contributed by atoms with Gasteiger partial charge in [-0.15, -0.1) is 0 Å². The van der Waals surface area contributed by atoms with Crippen LogP contribution in [0.4, 0.5) is 9.59 Å². The zero-order valence-corrected chi connectivity index (χ0v) is 18.4. The zero-order chi connectivity index (χ0) is 21.6. The van der Waals surface area contributed by atoms with Gasteiger partial charge in [0.25, 0.3) is 0 Å². The average Bonchev–Trinajstić information content (AvgIpc) is 3.12. The van der Waals surface area contributed by atoms with Crippen LogP contribution in [0.3, 0.4) is 0 Å². The summed E-state index contributed by atoms with van der Waals surface area (Å²) in [6.45, 7) is 10.3. The van der Waals surface area contributed by atoms with Crippen LogP contribution in [0, 0.1) is 5.92 Å². The summed E-state index contributed by atoms with van der Waals surface area (Å²) < 4.78 is 10.8. The summed E-state index contributed by atoms with van der Waals surface area (Å²) in [4.78, 5) is 28.5. The Labute approximate surface area is 179 Å². The van der Waals surface area contributed by atoms with Crippen LogP contribution in [0.25, 0.3) is 0 Å². The molecule has 0 bridgehead atoms. The number of ether oxygens (including phenoxy) is 2. The maximum atomic E-state index is 12.3. The monoisotopic (exact) mass is 417 g/mol. The van der Waals surface area contributed by atoms with Gasteiger partial charge < -0.3 is 24.6 Å². The van der Waals surface area contributed by atoms with Gasteiger partial charge in [-0.1, -0.05) is 30.3 Å². The Balaban J connectivity index is 1.33. The summed E-state index contributed by atoms with van der Waals surface area (Å²) in [7, 11) is 0. The molecule has 2 saturated heterocycles. The fourth-order valence-corrected chi connectivity index (χ4v) is 4.06. The third-order valence-electron chi connectivity index (χ3n) is 5.59. The first-order chi connectivity index (χ1) is 14.3. The van der Waals surface area contributed by atoms with Crippen molar-refractivity contribution in [3.05, 3.63) is 35.9 Å². The van der Waals surface area contributed by atoms with Crippen LogP contribution >= 0.6 is 0 Å². The summed E-state index contributed by atoms with van der Waals surface area (Å²) in [5.74, 6) is 0.573. The Kier molecular flexibility index (Phi) is 7.58. The minimum absolute atomic E-state index is 0.146. The molecule has 2 fully saturated rings. The van der Waals surface area contributed by atoms with Gasteiger partial charge in [0.15, 0.2) is 0 Å². The molecule has 0 radical (unpaired) electrons. The van der Waals surface area contributed by atoms with Crippen molar-refractivity contribution < 1.29 is 19.1 Å². The number of benzene rings is 1. The molecular weight excluding hydrogens is 382 g/mol. The minimum Gasteiger partial charge on any atom is -0.445 e. The molecule has 2 heterocycles. The van der Waals surface area contributed by atoms with E-state index in [2.05, 4.69) is 10.2 Å². The summed E-state index contributed by atoms with van der Waals surface area (Å²) in [5.41, 5.74) is 0.530. The van der Waals surface area contributed by atoms with Crippen molar-refractivity contribution in [2.75, 3.05) is 32.7 Å². The van der Waals surface area contributed by atoms with E-state index in [1.165, 1.54) is 0 Å². The highest BCUT2D eigenvalue weighted by Gasteiger charge is 2.30. The lowest BCUT2D eigenvalue weighted by Crippen LogP contribution is -2.43. The van der Waals surface area contributed by atoms with E-state index in [4.69, 9.17) is 9.47 Å². The van der Waals surface area contributed by atoms with Crippen LogP contribution in [0.5, 0.6) is 0 Å². The molecule has 30 heavy (non-hydrogen) atoms. The SMILES string of the molecule is CC(C)(C)OC(=O)NC1CCN(CC2CCN(C(=O)OCc3ccccc3)CC2)C1. The van der Waals surface area contributed by atoms with E-state index < -0.39 is 5.60 Å². The lowest BCUT2D eigenvalue weighted by atomic mass is 9.96. The summed E-state index contributed by atoms with van der Waals surface area (Å²) in [6.07, 6.45) is 2.36. The van der Waals surface area contributed by atoms with E-state index in [1.54, 1.807) is 0 Å². The van der Waals surface area contributed by atoms with E-state index in [-0.39, 0.29) is 18.2 Å². The lowest BCUT2D eigenvalue weighted by Gasteiger charge is -2.33. The molecule has 0 aliphatic carbocycles. The number of rotatable bonds is 5. The molecule has 0 aromatic heterocycles. The van der Waals surface area contributed by atoms with Crippen LogP contribution in [0.15, 0.2) is 30.3 Å². The fourth-order valence-electron chi connectivity index (χ4n) is 4.06. The number of amides is 2. The highest BCUT2D eigenvalue weighted by molar-refractivity contribution is 5.68. The molecule has 2 aliphatic heterocycles. The third kappa shape index (κ3) is 7.20. The lowest BCUT2D eigenvalue weighted by molar-refractivity contribution is 0.0505. The van der Waals surface area contributed by atoms with Crippen molar-refractivity contribution in [1.29, 1.82) is 0 Å². The Morgan fingerprint density at radius 3 is 2.43 bits per heavy atom. The van der Waals surface area contributed by atoms with Crippen molar-refractivity contribution >= 4 is 12.2 Å². The van der Waals surface area contributed by atoms with Crippen LogP contribution in [0.2, 0.25) is 0 Å². The van der Waals surface area contributed by atoms with Crippen molar-refractivity contribution in [3.8, 4) is 0 Å². The summed E-state index contributed by atoms with van der Waals surface area (Å²) in [5, 5.41) is 2.98. The Bertz CT molecular complexity index is 696. The molecule has 2 amide bonds. The largest absolute Gasteiger partial charge is 0.445 e. The van der Waals surface area contributed by atoms with Crippen LogP contribution in [0.1, 0.15) is 45.6 Å². The van der Waals surface area contributed by atoms with Gasteiger partial charge in [-0.05, 0) is 51.5 Å². The van der Waals surface area contributed by atoms with Crippen molar-refractivity contribution in [2.24, 2.45) is 5.92 Å². The first kappa shape index (κ1) is 22.4. The fraction of sp³-hybridized carbons (Fsp3) is 0.652. The molecule has 1 aromatic carbocycles. The molecule has 1 unspecified atom stereocenters. The number of nitrogens with zero attached hydrogens (tertiary/aromatic N) is 2. The van der Waals surface area contributed by atoms with Crippen LogP contribution < -0.4 is 5.32 Å². The van der Waals surface area contributed by atoms with E-state index in [0.29, 0.717) is 12.5 Å². The molecule has 166 valence electrons. The number of hydrogen-bond donors (Lipinski definition) is 1. The standard InChI is InChI=1S/C23H35N3O4/c1-23(2,3)30-21(27)24-20-11-12-25(16-20)15-18-9-13-26(14-10-18)22(28)29-17-19-7-5-4-6-8-19/h4-8,18,20H,9-17H2,1-3H3,(H,24,27). The number of carbonyl (C=O) groups excluding carboxylic acids is 2. The van der Waals surface area contributed by atoms with Gasteiger partial charge in [0.2, 0.25) is 0 Å². The normalized spacial score (nSPS) is 20.8. The molecule has 3 rings (SSSR count). The van der Waals surface area contributed by atoms with Crippen molar-refractivity contribution in [2.45, 2.75) is 58.3 Å². The third-order valence-corrected chi connectivity index (χ3v) is 5.59. The molecule has 1 aromatic rings. The minimum atomic E-state index is -0.474. The van der Waals surface area contributed by atoms with E-state index in [1.807, 2.05) is 56.0 Å². The zero-order valence-electron chi connectivity index (χ0n) is 18.4. The van der Waals surface area contributed by atoms with E-state index in [9.17, 15) is 9.59 Å². The van der Waals surface area contributed by atoms with Crippen LogP contribution in [-0.4, -0.2) is 66.4 Å². The molecule has 7 nitrogen and oxygen atoms in total. The first-order valence-electron chi connectivity index (χ1n) is 11.0. The predicted molar refractivity (Wildman–Crippen MR) is 115 cm³/mol. The van der Waals surface area contributed by atoms with E-state index in [0.717, 1.165) is 57.5 Å². The molecule has 7 heteroatoms. The van der Waals surface area contributed by atoms with Gasteiger partial charge in [0, 0.05) is 38.8 Å². The first-order valence-corrected chi connectivity index (χ1v) is 11.0. The second-order valence-electron chi connectivity index (χ2n) is 9.36. The average molecular weight is 418 g/mol. The molecule has 0 saturated carbocycles. The predicted octanol–water partition coefficient (Wildman–Crippen LogP) is 3.63. The number of alkyl carbamates (subject to hydrolysis) is 1. The molecular formula is C23H35N3O4. The number of hydrogen-bond acceptors (Lipinski definition) is 5. The van der Waals surface area contributed by atoms with Gasteiger partial charge in [0.05, 0.1) is 0 Å². The second kappa shape index (κ2) is 10.2. The van der Waals surface area contributed by atoms with Gasteiger partial charge in [-0.25, -0.2) is 9.59 Å². The number of carbonyl (C=O) groups is 2. The smallest absolute Gasteiger partial charge is 0.410 e. The van der Waals surface area contributed by atoms with Crippen LogP contribution in [-0.2, 0) is 16.1 Å². The van der Waals surface area contributed by atoms with Crippen molar-refractivity contribution in [1.82, 2.24) is 15.1 Å². The second-order valence-corrected chi connectivity index (χ2v) is 9.36. The molecule has 2 aliphatic rings. The van der Waals surface area contributed by atoms with Gasteiger partial charge in [-0.3, -0.25) is 0 Å². The number of piperidine rings is 1. The molecule has 1 atom stereocenters. The Morgan fingerprint density at radius 1 is 1.07 bits per heavy atom. The summed E-state index contributed by atoms with van der Waals surface area (Å²) in [6, 6.07) is 9.90. The maximum Gasteiger partial charge on any atom is 0.410 e. The Hall–Kier alpha value is -2.28. The van der Waals surface area contributed by atoms with Gasteiger partial charge in [0.1, 0.15) is 12.2 Å². The maximum absolute atomic E-state index is 12.3. The van der Waals surface area contributed by atoms with E-state index >= 15 is 0 Å². The van der Waals surface area contributed by atoms with Gasteiger partial charge >= 0.3 is 12.2 Å².